The van der Waals surface area contributed by atoms with Crippen molar-refractivity contribution in [3.63, 3.8) is 0 Å². The van der Waals surface area contributed by atoms with Crippen molar-refractivity contribution < 1.29 is 0 Å². The summed E-state index contributed by atoms with van der Waals surface area (Å²) in [5.74, 6) is 1.64. The second-order valence-electron chi connectivity index (χ2n) is 6.27. The van der Waals surface area contributed by atoms with Crippen LogP contribution in [0.1, 0.15) is 63.2 Å². The van der Waals surface area contributed by atoms with E-state index < -0.39 is 0 Å². The van der Waals surface area contributed by atoms with Crippen LogP contribution in [0, 0.1) is 5.92 Å². The molecule has 3 unspecified atom stereocenters. The SMILES string of the molecule is CC(Cl)c1nc2cc(Cl)ccc2n1C1CCCCCC1C. The molecule has 0 aliphatic heterocycles. The average molecular weight is 325 g/mol. The van der Waals surface area contributed by atoms with Gasteiger partial charge in [-0.3, -0.25) is 0 Å². The van der Waals surface area contributed by atoms with Gasteiger partial charge < -0.3 is 4.57 Å². The number of benzene rings is 1. The molecule has 0 spiro atoms. The number of imidazole rings is 1. The minimum absolute atomic E-state index is 0.0911. The van der Waals surface area contributed by atoms with E-state index in [2.05, 4.69) is 17.6 Å². The molecule has 1 aromatic heterocycles. The fourth-order valence-electron chi connectivity index (χ4n) is 3.58. The third kappa shape index (κ3) is 2.93. The molecular formula is C17H22Cl2N2. The largest absolute Gasteiger partial charge is 0.323 e. The maximum atomic E-state index is 6.41. The zero-order chi connectivity index (χ0) is 15.0. The molecule has 0 bridgehead atoms. The first-order chi connectivity index (χ1) is 10.1. The molecule has 0 saturated heterocycles. The molecule has 1 heterocycles. The molecular weight excluding hydrogens is 303 g/mol. The van der Waals surface area contributed by atoms with Crippen LogP contribution in [0.25, 0.3) is 11.0 Å². The third-order valence-corrected chi connectivity index (χ3v) is 5.11. The van der Waals surface area contributed by atoms with Crippen molar-refractivity contribution in [2.75, 3.05) is 0 Å². The Hall–Kier alpha value is -0.730. The van der Waals surface area contributed by atoms with E-state index in [1.165, 1.54) is 37.6 Å². The molecule has 0 radical (unpaired) electrons. The smallest absolute Gasteiger partial charge is 0.127 e. The summed E-state index contributed by atoms with van der Waals surface area (Å²) >= 11 is 12.5. The van der Waals surface area contributed by atoms with E-state index in [1.807, 2.05) is 19.1 Å². The second kappa shape index (κ2) is 6.18. The lowest BCUT2D eigenvalue weighted by molar-refractivity contribution is 0.333. The van der Waals surface area contributed by atoms with E-state index in [-0.39, 0.29) is 5.38 Å². The topological polar surface area (TPSA) is 17.8 Å². The van der Waals surface area contributed by atoms with Crippen molar-refractivity contribution in [2.24, 2.45) is 5.92 Å². The van der Waals surface area contributed by atoms with Gasteiger partial charge in [0.05, 0.1) is 16.4 Å². The first-order valence-corrected chi connectivity index (χ1v) is 8.71. The molecule has 3 rings (SSSR count). The predicted octanol–water partition coefficient (Wildman–Crippen LogP) is 6.13. The Balaban J connectivity index is 2.16. The lowest BCUT2D eigenvalue weighted by Gasteiger charge is -2.26. The fraction of sp³-hybridized carbons (Fsp3) is 0.588. The van der Waals surface area contributed by atoms with Gasteiger partial charge >= 0.3 is 0 Å². The van der Waals surface area contributed by atoms with Crippen LogP contribution in [-0.2, 0) is 0 Å². The molecule has 1 aliphatic rings. The summed E-state index contributed by atoms with van der Waals surface area (Å²) in [5.41, 5.74) is 2.13. The Morgan fingerprint density at radius 3 is 2.76 bits per heavy atom. The van der Waals surface area contributed by atoms with Gasteiger partial charge in [0.15, 0.2) is 0 Å². The highest BCUT2D eigenvalue weighted by molar-refractivity contribution is 6.31. The van der Waals surface area contributed by atoms with Crippen molar-refractivity contribution in [3.8, 4) is 0 Å². The Kier molecular flexibility index (Phi) is 4.46. The third-order valence-electron chi connectivity index (χ3n) is 4.68. The number of fused-ring (bicyclic) bond motifs is 1. The van der Waals surface area contributed by atoms with Crippen LogP contribution in [0.5, 0.6) is 0 Å². The second-order valence-corrected chi connectivity index (χ2v) is 7.36. The molecule has 1 fully saturated rings. The summed E-state index contributed by atoms with van der Waals surface area (Å²) in [6.45, 7) is 4.36. The first-order valence-electron chi connectivity index (χ1n) is 7.89. The van der Waals surface area contributed by atoms with E-state index >= 15 is 0 Å². The molecule has 0 N–H and O–H groups in total. The van der Waals surface area contributed by atoms with E-state index in [0.717, 1.165) is 16.4 Å². The number of hydrogen-bond donors (Lipinski definition) is 0. The zero-order valence-corrected chi connectivity index (χ0v) is 14.2. The summed E-state index contributed by atoms with van der Waals surface area (Å²) in [4.78, 5) is 4.76. The van der Waals surface area contributed by atoms with Crippen molar-refractivity contribution in [3.05, 3.63) is 29.0 Å². The molecule has 2 aromatic rings. The van der Waals surface area contributed by atoms with Crippen LogP contribution in [0.3, 0.4) is 0 Å². The molecule has 21 heavy (non-hydrogen) atoms. The molecule has 1 aromatic carbocycles. The van der Waals surface area contributed by atoms with Crippen molar-refractivity contribution in [1.29, 1.82) is 0 Å². The summed E-state index contributed by atoms with van der Waals surface area (Å²) < 4.78 is 2.39. The van der Waals surface area contributed by atoms with Gasteiger partial charge in [0.1, 0.15) is 5.82 Å². The van der Waals surface area contributed by atoms with Crippen LogP contribution in [0.2, 0.25) is 5.02 Å². The standard InChI is InChI=1S/C17H22Cl2N2/c1-11-6-4-3-5-7-15(11)21-16-9-8-13(19)10-14(16)20-17(21)12(2)18/h8-12,15H,3-7H2,1-2H3. The van der Waals surface area contributed by atoms with Gasteiger partial charge in [-0.05, 0) is 43.9 Å². The van der Waals surface area contributed by atoms with E-state index in [9.17, 15) is 0 Å². The summed E-state index contributed by atoms with van der Waals surface area (Å²) in [5, 5.41) is 0.640. The van der Waals surface area contributed by atoms with Crippen LogP contribution in [0.4, 0.5) is 0 Å². The Morgan fingerprint density at radius 1 is 1.24 bits per heavy atom. The molecule has 114 valence electrons. The Bertz CT molecular complexity index is 633. The number of aromatic nitrogens is 2. The quantitative estimate of drug-likeness (QED) is 0.479. The highest BCUT2D eigenvalue weighted by atomic mass is 35.5. The van der Waals surface area contributed by atoms with Crippen LogP contribution in [-0.4, -0.2) is 9.55 Å². The van der Waals surface area contributed by atoms with Gasteiger partial charge in [-0.1, -0.05) is 37.8 Å². The van der Waals surface area contributed by atoms with Gasteiger partial charge in [0.25, 0.3) is 0 Å². The minimum Gasteiger partial charge on any atom is -0.323 e. The molecule has 0 amide bonds. The lowest BCUT2D eigenvalue weighted by Crippen LogP contribution is -2.18. The average Bonchev–Trinajstić information content (AvgIpc) is 2.68. The molecule has 1 aliphatic carbocycles. The highest BCUT2D eigenvalue weighted by Gasteiger charge is 2.27. The maximum Gasteiger partial charge on any atom is 0.127 e. The van der Waals surface area contributed by atoms with Crippen LogP contribution >= 0.6 is 23.2 Å². The normalized spacial score (nSPS) is 25.0. The van der Waals surface area contributed by atoms with Crippen molar-refractivity contribution >= 4 is 34.2 Å². The number of hydrogen-bond acceptors (Lipinski definition) is 1. The number of nitrogens with zero attached hydrogens (tertiary/aromatic N) is 2. The number of halogens is 2. The number of rotatable bonds is 2. The van der Waals surface area contributed by atoms with Gasteiger partial charge in [0, 0.05) is 11.1 Å². The zero-order valence-electron chi connectivity index (χ0n) is 12.6. The van der Waals surface area contributed by atoms with Crippen molar-refractivity contribution in [2.45, 2.75) is 57.4 Å². The van der Waals surface area contributed by atoms with Crippen LogP contribution in [0.15, 0.2) is 18.2 Å². The first kappa shape index (κ1) is 15.2. The number of alkyl halides is 1. The Labute approximate surface area is 136 Å². The van der Waals surface area contributed by atoms with Crippen LogP contribution < -0.4 is 0 Å². The monoisotopic (exact) mass is 324 g/mol. The maximum absolute atomic E-state index is 6.41. The van der Waals surface area contributed by atoms with E-state index in [0.29, 0.717) is 12.0 Å². The van der Waals surface area contributed by atoms with E-state index in [4.69, 9.17) is 28.2 Å². The van der Waals surface area contributed by atoms with E-state index in [1.54, 1.807) is 0 Å². The Morgan fingerprint density at radius 2 is 2.00 bits per heavy atom. The van der Waals surface area contributed by atoms with Gasteiger partial charge in [-0.25, -0.2) is 4.98 Å². The molecule has 3 atom stereocenters. The van der Waals surface area contributed by atoms with Gasteiger partial charge in [0.2, 0.25) is 0 Å². The van der Waals surface area contributed by atoms with Gasteiger partial charge in [-0.2, -0.15) is 0 Å². The molecule has 4 heteroatoms. The minimum atomic E-state index is -0.0911. The lowest BCUT2D eigenvalue weighted by atomic mass is 9.96. The highest BCUT2D eigenvalue weighted by Crippen LogP contribution is 2.38. The summed E-state index contributed by atoms with van der Waals surface area (Å²) in [7, 11) is 0. The van der Waals surface area contributed by atoms with Gasteiger partial charge in [-0.15, -0.1) is 11.6 Å². The predicted molar refractivity (Wildman–Crippen MR) is 90.3 cm³/mol. The molecule has 2 nitrogen and oxygen atoms in total. The van der Waals surface area contributed by atoms with Crippen molar-refractivity contribution in [1.82, 2.24) is 9.55 Å². The summed E-state index contributed by atoms with van der Waals surface area (Å²) in [6.07, 6.45) is 6.46. The fourth-order valence-corrected chi connectivity index (χ4v) is 3.90. The molecule has 1 saturated carbocycles. The summed E-state index contributed by atoms with van der Waals surface area (Å²) in [6, 6.07) is 6.48.